The van der Waals surface area contributed by atoms with Gasteiger partial charge in [-0.3, -0.25) is 0 Å². The summed E-state index contributed by atoms with van der Waals surface area (Å²) in [5.41, 5.74) is 2.14. The van der Waals surface area contributed by atoms with Gasteiger partial charge in [-0.1, -0.05) is 0 Å². The van der Waals surface area contributed by atoms with Gasteiger partial charge in [0.2, 0.25) is 0 Å². The third kappa shape index (κ3) is 3.22. The Morgan fingerprint density at radius 1 is 1.37 bits per heavy atom. The molecule has 2 rings (SSSR count). The van der Waals surface area contributed by atoms with E-state index in [-0.39, 0.29) is 0 Å². The maximum atomic E-state index is 5.24. The van der Waals surface area contributed by atoms with E-state index in [4.69, 9.17) is 4.74 Å². The number of aryl methyl sites for hydroxylation is 1. The molecule has 1 aromatic carbocycles. The number of fused-ring (bicyclic) bond motifs is 1. The Balaban J connectivity index is 2.29. The van der Waals surface area contributed by atoms with Gasteiger partial charge in [-0.25, -0.2) is 4.98 Å². The molecule has 0 saturated carbocycles. The molecule has 0 aliphatic carbocycles. The zero-order chi connectivity index (χ0) is 13.8. The molecule has 0 bridgehead atoms. The number of methoxy groups -OCH3 is 1. The second-order valence-corrected chi connectivity index (χ2v) is 5.17. The fraction of sp³-hybridized carbons (Fsp3) is 0.500. The van der Waals surface area contributed by atoms with Gasteiger partial charge in [0, 0.05) is 18.4 Å². The van der Waals surface area contributed by atoms with Gasteiger partial charge < -0.3 is 14.2 Å². The lowest BCUT2D eigenvalue weighted by molar-refractivity contribution is 0.386. The Bertz CT molecular complexity index is 551. The predicted octanol–water partition coefficient (Wildman–Crippen LogP) is 2.43. The zero-order valence-electron chi connectivity index (χ0n) is 11.8. The van der Waals surface area contributed by atoms with E-state index in [9.17, 15) is 0 Å². The van der Waals surface area contributed by atoms with Crippen LogP contribution < -0.4 is 4.74 Å². The first-order chi connectivity index (χ1) is 9.15. The first kappa shape index (κ1) is 14.2. The third-order valence-corrected chi connectivity index (χ3v) is 3.45. The number of nitrogens with zero attached hydrogens (tertiary/aromatic N) is 3. The van der Waals surface area contributed by atoms with Crippen molar-refractivity contribution in [2.75, 3.05) is 27.7 Å². The van der Waals surface area contributed by atoms with Gasteiger partial charge in [0.25, 0.3) is 0 Å². The van der Waals surface area contributed by atoms with E-state index in [2.05, 4.69) is 47.2 Å². The van der Waals surface area contributed by atoms with Crippen LogP contribution in [0.3, 0.4) is 0 Å². The van der Waals surface area contributed by atoms with Crippen LogP contribution in [0.15, 0.2) is 18.2 Å². The Morgan fingerprint density at radius 3 is 2.79 bits per heavy atom. The van der Waals surface area contributed by atoms with Crippen LogP contribution in [0.1, 0.15) is 12.2 Å². The summed E-state index contributed by atoms with van der Waals surface area (Å²) in [5, 5.41) is 0. The lowest BCUT2D eigenvalue weighted by Gasteiger charge is -2.11. The van der Waals surface area contributed by atoms with Crippen molar-refractivity contribution in [1.29, 1.82) is 0 Å². The van der Waals surface area contributed by atoms with Gasteiger partial charge in [0.1, 0.15) is 11.6 Å². The van der Waals surface area contributed by atoms with Crippen LogP contribution in [0, 0.1) is 0 Å². The van der Waals surface area contributed by atoms with E-state index in [0.717, 1.165) is 42.1 Å². The summed E-state index contributed by atoms with van der Waals surface area (Å²) in [5.74, 6) is 2.51. The van der Waals surface area contributed by atoms with E-state index < -0.39 is 0 Å². The molecule has 5 heteroatoms. The van der Waals surface area contributed by atoms with Crippen molar-refractivity contribution in [2.45, 2.75) is 18.7 Å². The highest BCUT2D eigenvalue weighted by atomic mass is 32.1. The number of benzene rings is 1. The Kier molecular flexibility index (Phi) is 4.71. The second kappa shape index (κ2) is 6.30. The van der Waals surface area contributed by atoms with E-state index in [1.54, 1.807) is 7.11 Å². The highest BCUT2D eigenvalue weighted by Crippen LogP contribution is 2.22. The molecular formula is C14H21N3OS. The van der Waals surface area contributed by atoms with Crippen LogP contribution in [0.4, 0.5) is 0 Å². The fourth-order valence-electron chi connectivity index (χ4n) is 2.20. The summed E-state index contributed by atoms with van der Waals surface area (Å²) in [6.45, 7) is 2.04. The summed E-state index contributed by atoms with van der Waals surface area (Å²) in [6.07, 6.45) is 1.10. The molecule has 1 aromatic heterocycles. The molecule has 0 radical (unpaired) electrons. The maximum Gasteiger partial charge on any atom is 0.121 e. The molecule has 0 saturated heterocycles. The van der Waals surface area contributed by atoms with E-state index >= 15 is 0 Å². The SMILES string of the molecule is COc1ccc2c(c1)nc(CS)n2CCCN(C)C. The van der Waals surface area contributed by atoms with Crippen molar-refractivity contribution >= 4 is 23.7 Å². The molecule has 0 amide bonds. The average molecular weight is 279 g/mol. The molecule has 0 unspecified atom stereocenters. The molecule has 104 valence electrons. The smallest absolute Gasteiger partial charge is 0.121 e. The molecule has 0 spiro atoms. The number of thiol groups is 1. The summed E-state index contributed by atoms with van der Waals surface area (Å²) < 4.78 is 7.50. The minimum Gasteiger partial charge on any atom is -0.497 e. The summed E-state index contributed by atoms with van der Waals surface area (Å²) >= 11 is 4.38. The zero-order valence-corrected chi connectivity index (χ0v) is 12.7. The lowest BCUT2D eigenvalue weighted by atomic mass is 10.3. The predicted molar refractivity (Wildman–Crippen MR) is 82.1 cm³/mol. The number of imidazole rings is 1. The van der Waals surface area contributed by atoms with Gasteiger partial charge in [-0.15, -0.1) is 0 Å². The highest BCUT2D eigenvalue weighted by molar-refractivity contribution is 7.79. The quantitative estimate of drug-likeness (QED) is 0.824. The van der Waals surface area contributed by atoms with Crippen molar-refractivity contribution in [3.8, 4) is 5.75 Å². The Labute approximate surface area is 119 Å². The fourth-order valence-corrected chi connectivity index (χ4v) is 2.44. The molecule has 19 heavy (non-hydrogen) atoms. The molecular weight excluding hydrogens is 258 g/mol. The van der Waals surface area contributed by atoms with Gasteiger partial charge >= 0.3 is 0 Å². The minimum atomic E-state index is 0.652. The van der Waals surface area contributed by atoms with Crippen LogP contribution in [0.25, 0.3) is 11.0 Å². The molecule has 4 nitrogen and oxygen atoms in total. The molecule has 2 aromatic rings. The van der Waals surface area contributed by atoms with Crippen molar-refractivity contribution in [1.82, 2.24) is 14.5 Å². The van der Waals surface area contributed by atoms with Crippen LogP contribution in [-0.4, -0.2) is 42.2 Å². The van der Waals surface area contributed by atoms with E-state index in [0.29, 0.717) is 5.75 Å². The molecule has 0 N–H and O–H groups in total. The molecule has 0 atom stereocenters. The van der Waals surface area contributed by atoms with Crippen molar-refractivity contribution in [3.63, 3.8) is 0 Å². The summed E-state index contributed by atoms with van der Waals surface area (Å²) in [7, 11) is 5.86. The van der Waals surface area contributed by atoms with Crippen LogP contribution in [0.2, 0.25) is 0 Å². The van der Waals surface area contributed by atoms with Crippen molar-refractivity contribution in [2.24, 2.45) is 0 Å². The maximum absolute atomic E-state index is 5.24. The molecule has 1 heterocycles. The number of aromatic nitrogens is 2. The normalized spacial score (nSPS) is 11.4. The van der Waals surface area contributed by atoms with Crippen molar-refractivity contribution < 1.29 is 4.74 Å². The summed E-state index contributed by atoms with van der Waals surface area (Å²) in [6, 6.07) is 6.03. The molecule has 0 aliphatic heterocycles. The standard InChI is InChI=1S/C14H21N3OS/c1-16(2)7-4-8-17-13-6-5-11(18-3)9-12(13)15-14(17)10-19/h5-6,9,19H,4,7-8,10H2,1-3H3. The molecule has 0 fully saturated rings. The number of hydrogen-bond donors (Lipinski definition) is 1. The van der Waals surface area contributed by atoms with Gasteiger partial charge in [-0.2, -0.15) is 12.6 Å². The minimum absolute atomic E-state index is 0.652. The van der Waals surface area contributed by atoms with Gasteiger partial charge in [-0.05, 0) is 39.2 Å². The largest absolute Gasteiger partial charge is 0.497 e. The van der Waals surface area contributed by atoms with E-state index in [1.807, 2.05) is 12.1 Å². The number of ether oxygens (including phenoxy) is 1. The number of hydrogen-bond acceptors (Lipinski definition) is 4. The van der Waals surface area contributed by atoms with Crippen LogP contribution in [-0.2, 0) is 12.3 Å². The second-order valence-electron chi connectivity index (χ2n) is 4.85. The van der Waals surface area contributed by atoms with Gasteiger partial charge in [0.15, 0.2) is 0 Å². The summed E-state index contributed by atoms with van der Waals surface area (Å²) in [4.78, 5) is 6.83. The number of rotatable bonds is 6. The van der Waals surface area contributed by atoms with E-state index in [1.165, 1.54) is 0 Å². The Morgan fingerprint density at radius 2 is 2.16 bits per heavy atom. The third-order valence-electron chi connectivity index (χ3n) is 3.16. The monoisotopic (exact) mass is 279 g/mol. The first-order valence-corrected chi connectivity index (χ1v) is 7.07. The first-order valence-electron chi connectivity index (χ1n) is 6.44. The van der Waals surface area contributed by atoms with Crippen molar-refractivity contribution in [3.05, 3.63) is 24.0 Å². The molecule has 0 aliphatic rings. The average Bonchev–Trinajstić information content (AvgIpc) is 2.75. The van der Waals surface area contributed by atoms with Gasteiger partial charge in [0.05, 0.1) is 18.1 Å². The van der Waals surface area contributed by atoms with Crippen LogP contribution in [0.5, 0.6) is 5.75 Å². The lowest BCUT2D eigenvalue weighted by Crippen LogP contribution is -2.15. The Hall–Kier alpha value is -1.20. The highest BCUT2D eigenvalue weighted by Gasteiger charge is 2.10. The van der Waals surface area contributed by atoms with Crippen LogP contribution >= 0.6 is 12.6 Å². The topological polar surface area (TPSA) is 30.3 Å².